The average molecular weight is 551 g/mol. The number of thioether (sulfide) groups is 1. The SMILES string of the molecule is CSc1ccc(NC(=O)N2CCN(CCN(CC3=CCC4CC3C4(C)C)C(=O)c3ccc(F)cc3)CC2)cc1. The minimum Gasteiger partial charge on any atom is -0.333 e. The van der Waals surface area contributed by atoms with Crippen LogP contribution >= 0.6 is 11.8 Å². The monoisotopic (exact) mass is 550 g/mol. The van der Waals surface area contributed by atoms with Crippen LogP contribution in [0.25, 0.3) is 0 Å². The van der Waals surface area contributed by atoms with E-state index in [9.17, 15) is 14.0 Å². The van der Waals surface area contributed by atoms with E-state index in [1.54, 1.807) is 23.9 Å². The average Bonchev–Trinajstić information content (AvgIpc) is 2.96. The summed E-state index contributed by atoms with van der Waals surface area (Å²) in [5.41, 5.74) is 2.98. The highest BCUT2D eigenvalue weighted by Gasteiger charge is 2.51. The van der Waals surface area contributed by atoms with Gasteiger partial charge in [0.25, 0.3) is 5.91 Å². The fourth-order valence-corrected chi connectivity index (χ4v) is 6.63. The van der Waals surface area contributed by atoms with Gasteiger partial charge in [0, 0.05) is 62.0 Å². The van der Waals surface area contributed by atoms with Gasteiger partial charge in [-0.2, -0.15) is 0 Å². The number of hydrogen-bond donors (Lipinski definition) is 1. The maximum atomic E-state index is 13.5. The third-order valence-electron chi connectivity index (χ3n) is 9.02. The van der Waals surface area contributed by atoms with Crippen LogP contribution < -0.4 is 5.32 Å². The van der Waals surface area contributed by atoms with Crippen molar-refractivity contribution in [2.24, 2.45) is 17.3 Å². The number of halogens is 1. The fraction of sp³-hybridized carbons (Fsp3) is 0.484. The summed E-state index contributed by atoms with van der Waals surface area (Å²) in [4.78, 5) is 33.6. The molecule has 1 N–H and O–H groups in total. The molecule has 1 aliphatic heterocycles. The summed E-state index contributed by atoms with van der Waals surface area (Å²) in [6.07, 6.45) is 6.68. The molecule has 2 aromatic rings. The Kier molecular flexibility index (Phi) is 8.33. The highest BCUT2D eigenvalue weighted by molar-refractivity contribution is 7.98. The van der Waals surface area contributed by atoms with Gasteiger partial charge in [-0.1, -0.05) is 25.5 Å². The molecule has 4 aliphatic rings. The Morgan fingerprint density at radius 1 is 1.05 bits per heavy atom. The lowest BCUT2D eigenvalue weighted by Gasteiger charge is -2.57. The van der Waals surface area contributed by atoms with Crippen LogP contribution in [-0.2, 0) is 0 Å². The van der Waals surface area contributed by atoms with Gasteiger partial charge in [-0.15, -0.1) is 11.8 Å². The molecule has 39 heavy (non-hydrogen) atoms. The summed E-state index contributed by atoms with van der Waals surface area (Å²) in [7, 11) is 0. The van der Waals surface area contributed by atoms with Crippen LogP contribution in [0.1, 0.15) is 37.0 Å². The number of rotatable bonds is 8. The maximum Gasteiger partial charge on any atom is 0.321 e. The van der Waals surface area contributed by atoms with Crippen molar-refractivity contribution in [3.8, 4) is 0 Å². The summed E-state index contributed by atoms with van der Waals surface area (Å²) >= 11 is 1.67. The molecule has 2 bridgehead atoms. The Labute approximate surface area is 235 Å². The van der Waals surface area contributed by atoms with Crippen molar-refractivity contribution >= 4 is 29.4 Å². The van der Waals surface area contributed by atoms with Crippen molar-refractivity contribution in [3.63, 3.8) is 0 Å². The summed E-state index contributed by atoms with van der Waals surface area (Å²) in [5.74, 6) is 0.879. The van der Waals surface area contributed by atoms with Crippen molar-refractivity contribution in [1.29, 1.82) is 0 Å². The van der Waals surface area contributed by atoms with Crippen LogP contribution in [0.2, 0.25) is 0 Å². The van der Waals surface area contributed by atoms with E-state index in [-0.39, 0.29) is 17.8 Å². The van der Waals surface area contributed by atoms with Gasteiger partial charge in [0.05, 0.1) is 0 Å². The van der Waals surface area contributed by atoms with Crippen molar-refractivity contribution in [2.45, 2.75) is 31.6 Å². The molecule has 1 saturated heterocycles. The van der Waals surface area contributed by atoms with E-state index in [4.69, 9.17) is 0 Å². The Morgan fingerprint density at radius 3 is 2.36 bits per heavy atom. The Morgan fingerprint density at radius 2 is 1.74 bits per heavy atom. The minimum atomic E-state index is -0.339. The molecular weight excluding hydrogens is 511 g/mol. The molecular formula is C31H39FN4O2S. The van der Waals surface area contributed by atoms with Gasteiger partial charge >= 0.3 is 6.03 Å². The first-order chi connectivity index (χ1) is 18.7. The number of allylic oxidation sites excluding steroid dienone is 1. The lowest BCUT2D eigenvalue weighted by molar-refractivity contribution is -0.0105. The second kappa shape index (κ2) is 11.7. The van der Waals surface area contributed by atoms with Gasteiger partial charge in [0.15, 0.2) is 0 Å². The number of nitrogens with one attached hydrogen (secondary N) is 1. The molecule has 2 unspecified atom stereocenters. The predicted octanol–water partition coefficient (Wildman–Crippen LogP) is 5.83. The van der Waals surface area contributed by atoms with Crippen LogP contribution in [0, 0.1) is 23.1 Å². The second-order valence-electron chi connectivity index (χ2n) is 11.5. The van der Waals surface area contributed by atoms with E-state index in [2.05, 4.69) is 30.1 Å². The minimum absolute atomic E-state index is 0.0549. The highest BCUT2D eigenvalue weighted by Crippen LogP contribution is 2.59. The number of urea groups is 1. The molecule has 8 heteroatoms. The summed E-state index contributed by atoms with van der Waals surface area (Å²) in [6.45, 7) is 9.46. The molecule has 1 saturated carbocycles. The molecule has 6 nitrogen and oxygen atoms in total. The number of amides is 3. The molecule has 2 atom stereocenters. The zero-order valence-electron chi connectivity index (χ0n) is 23.2. The quantitative estimate of drug-likeness (QED) is 0.332. The lowest BCUT2D eigenvalue weighted by Crippen LogP contribution is -2.52. The molecule has 2 fully saturated rings. The number of benzene rings is 2. The van der Waals surface area contributed by atoms with Crippen LogP contribution in [0.5, 0.6) is 0 Å². The van der Waals surface area contributed by atoms with Gasteiger partial charge in [-0.25, -0.2) is 9.18 Å². The molecule has 3 aliphatic carbocycles. The molecule has 208 valence electrons. The van der Waals surface area contributed by atoms with Gasteiger partial charge in [0.2, 0.25) is 0 Å². The fourth-order valence-electron chi connectivity index (χ4n) is 6.22. The highest BCUT2D eigenvalue weighted by atomic mass is 32.2. The molecule has 0 aromatic heterocycles. The number of piperazine rings is 1. The summed E-state index contributed by atoms with van der Waals surface area (Å²) in [6, 6.07) is 13.7. The summed E-state index contributed by atoms with van der Waals surface area (Å²) in [5, 5.41) is 3.00. The van der Waals surface area contributed by atoms with Crippen LogP contribution in [0.15, 0.2) is 65.1 Å². The van der Waals surface area contributed by atoms with E-state index >= 15 is 0 Å². The number of carbonyl (C=O) groups is 2. The smallest absolute Gasteiger partial charge is 0.321 e. The van der Waals surface area contributed by atoms with E-state index in [1.165, 1.54) is 24.1 Å². The number of fused-ring (bicyclic) bond motifs is 1. The van der Waals surface area contributed by atoms with Gasteiger partial charge in [-0.05, 0) is 84.9 Å². The maximum absolute atomic E-state index is 13.5. The van der Waals surface area contributed by atoms with Gasteiger partial charge < -0.3 is 15.1 Å². The Balaban J connectivity index is 1.17. The zero-order chi connectivity index (χ0) is 27.6. The van der Waals surface area contributed by atoms with E-state index in [0.29, 0.717) is 43.1 Å². The second-order valence-corrected chi connectivity index (χ2v) is 12.4. The Hall–Kier alpha value is -2.84. The van der Waals surface area contributed by atoms with Crippen molar-refractivity contribution in [2.75, 3.05) is 57.4 Å². The molecule has 6 rings (SSSR count). The van der Waals surface area contributed by atoms with Crippen LogP contribution in [0.4, 0.5) is 14.9 Å². The first-order valence-electron chi connectivity index (χ1n) is 13.9. The first kappa shape index (κ1) is 27.7. The molecule has 1 heterocycles. The first-order valence-corrected chi connectivity index (χ1v) is 15.1. The standard InChI is InChI=1S/C31H39FN4O2S/c1-31(2)24-7-4-23(28(31)20-24)21-36(29(37)22-5-8-25(32)9-6-22)19-16-34-14-17-35(18-15-34)30(38)33-26-10-12-27(39-3)13-11-26/h4-6,8-13,24,28H,7,14-21H2,1-3H3,(H,33,38). The van der Waals surface area contributed by atoms with Crippen molar-refractivity contribution < 1.29 is 14.0 Å². The molecule has 3 amide bonds. The molecule has 2 aromatic carbocycles. The van der Waals surface area contributed by atoms with E-state index in [0.717, 1.165) is 42.6 Å². The third kappa shape index (κ3) is 6.17. The Bertz CT molecular complexity index is 1210. The number of anilines is 1. The number of nitrogens with zero attached hydrogens (tertiary/aromatic N) is 3. The topological polar surface area (TPSA) is 55.9 Å². The van der Waals surface area contributed by atoms with E-state index in [1.807, 2.05) is 40.3 Å². The lowest BCUT2D eigenvalue weighted by atomic mass is 9.49. The normalized spacial score (nSPS) is 22.1. The summed E-state index contributed by atoms with van der Waals surface area (Å²) < 4.78 is 13.5. The third-order valence-corrected chi connectivity index (χ3v) is 9.76. The predicted molar refractivity (Wildman–Crippen MR) is 156 cm³/mol. The van der Waals surface area contributed by atoms with Gasteiger partial charge in [-0.3, -0.25) is 9.69 Å². The zero-order valence-corrected chi connectivity index (χ0v) is 24.0. The van der Waals surface area contributed by atoms with Crippen molar-refractivity contribution in [3.05, 3.63) is 71.6 Å². The molecule has 0 radical (unpaired) electrons. The van der Waals surface area contributed by atoms with Crippen LogP contribution in [-0.4, -0.2) is 78.7 Å². The largest absolute Gasteiger partial charge is 0.333 e. The van der Waals surface area contributed by atoms with Crippen molar-refractivity contribution in [1.82, 2.24) is 14.7 Å². The number of carbonyl (C=O) groups excluding carboxylic acids is 2. The van der Waals surface area contributed by atoms with Crippen LogP contribution in [0.3, 0.4) is 0 Å². The van der Waals surface area contributed by atoms with E-state index < -0.39 is 0 Å². The van der Waals surface area contributed by atoms with Gasteiger partial charge in [0.1, 0.15) is 5.82 Å². The number of hydrogen-bond acceptors (Lipinski definition) is 4. The molecule has 0 spiro atoms.